The van der Waals surface area contributed by atoms with Crippen molar-refractivity contribution in [2.75, 3.05) is 18.4 Å². The molecule has 6 heteroatoms. The van der Waals surface area contributed by atoms with Crippen molar-refractivity contribution in [3.63, 3.8) is 0 Å². The molecule has 4 rings (SSSR count). The average molecular weight is 511 g/mol. The van der Waals surface area contributed by atoms with Crippen molar-refractivity contribution in [2.45, 2.75) is 55.9 Å². The summed E-state index contributed by atoms with van der Waals surface area (Å²) in [6, 6.07) is 20.1. The first-order valence-electron chi connectivity index (χ1n) is 12.1. The number of hydrogen-bond acceptors (Lipinski definition) is 3. The van der Waals surface area contributed by atoms with Crippen molar-refractivity contribution < 1.29 is 9.18 Å². The Hall–Kier alpha value is -2.34. The van der Waals surface area contributed by atoms with Crippen LogP contribution in [0.25, 0.3) is 0 Å². The molecule has 1 heterocycles. The lowest BCUT2D eigenvalue weighted by atomic mass is 9.86. The Morgan fingerprint density at radius 3 is 2.26 bits per heavy atom. The zero-order chi connectivity index (χ0) is 24.9. The van der Waals surface area contributed by atoms with E-state index < -0.39 is 0 Å². The second kappa shape index (κ2) is 11.6. The minimum absolute atomic E-state index is 0.161. The van der Waals surface area contributed by atoms with Crippen molar-refractivity contribution in [3.8, 4) is 0 Å². The average Bonchev–Trinajstić information content (AvgIpc) is 2.84. The highest BCUT2D eigenvalue weighted by Gasteiger charge is 2.23. The molecular formula is C29H32ClFN2OS. The number of anilines is 1. The van der Waals surface area contributed by atoms with Crippen molar-refractivity contribution in [3.05, 3.63) is 88.2 Å². The number of halogens is 2. The lowest BCUT2D eigenvalue weighted by Gasteiger charge is -2.33. The summed E-state index contributed by atoms with van der Waals surface area (Å²) in [6.45, 7) is 8.50. The molecule has 1 aliphatic rings. The summed E-state index contributed by atoms with van der Waals surface area (Å²) >= 11 is 7.71. The molecule has 0 aromatic heterocycles. The lowest BCUT2D eigenvalue weighted by molar-refractivity contribution is -0.118. The molecule has 1 N–H and O–H groups in total. The topological polar surface area (TPSA) is 32.3 Å². The van der Waals surface area contributed by atoms with Gasteiger partial charge < -0.3 is 5.32 Å². The first kappa shape index (κ1) is 25.7. The van der Waals surface area contributed by atoms with Crippen LogP contribution in [0.5, 0.6) is 0 Å². The van der Waals surface area contributed by atoms with Crippen LogP contribution >= 0.6 is 23.4 Å². The molecule has 0 aliphatic carbocycles. The van der Waals surface area contributed by atoms with Gasteiger partial charge in [0.2, 0.25) is 5.91 Å². The predicted octanol–water partition coefficient (Wildman–Crippen LogP) is 7.91. The van der Waals surface area contributed by atoms with E-state index in [0.29, 0.717) is 11.6 Å². The number of carbonyl (C=O) groups is 1. The van der Waals surface area contributed by atoms with E-state index in [1.54, 1.807) is 17.8 Å². The van der Waals surface area contributed by atoms with E-state index in [2.05, 4.69) is 34.5 Å². The number of nitrogens with one attached hydrogen (secondary N) is 1. The number of amides is 1. The number of piperidine rings is 1. The van der Waals surface area contributed by atoms with Crippen LogP contribution < -0.4 is 5.32 Å². The van der Waals surface area contributed by atoms with E-state index in [-0.39, 0.29) is 17.6 Å². The van der Waals surface area contributed by atoms with Crippen LogP contribution in [0.3, 0.4) is 0 Å². The standard InChI is InChI=1S/C29H32ClFN2OS/c1-19(2)29(34)32-28-17-26(20(3)16-27(28)31)22-12-14-33(15-13-22)18-21-4-8-24(9-5-21)35-25-10-6-23(30)7-11-25/h4-11,16-17,19,22H,12-15,18H2,1-3H3,(H,32,34). The Balaban J connectivity index is 1.33. The van der Waals surface area contributed by atoms with Crippen LogP contribution in [0, 0.1) is 18.7 Å². The van der Waals surface area contributed by atoms with Gasteiger partial charge in [-0.25, -0.2) is 4.39 Å². The number of aryl methyl sites for hydroxylation is 1. The fraction of sp³-hybridized carbons (Fsp3) is 0.345. The van der Waals surface area contributed by atoms with Gasteiger partial charge in [0.1, 0.15) is 5.82 Å². The highest BCUT2D eigenvalue weighted by Crippen LogP contribution is 2.34. The Morgan fingerprint density at radius 1 is 1.06 bits per heavy atom. The van der Waals surface area contributed by atoms with Crippen molar-refractivity contribution in [1.82, 2.24) is 4.90 Å². The van der Waals surface area contributed by atoms with Gasteiger partial charge in [0.05, 0.1) is 5.69 Å². The van der Waals surface area contributed by atoms with Crippen LogP contribution in [0.4, 0.5) is 10.1 Å². The molecule has 1 saturated heterocycles. The van der Waals surface area contributed by atoms with Gasteiger partial charge in [-0.1, -0.05) is 49.3 Å². The Kier molecular flexibility index (Phi) is 8.53. The number of likely N-dealkylation sites (tertiary alicyclic amines) is 1. The Labute approximate surface area is 217 Å². The summed E-state index contributed by atoms with van der Waals surface area (Å²) in [4.78, 5) is 17.0. The third kappa shape index (κ3) is 6.87. The number of nitrogens with zero attached hydrogens (tertiary/aromatic N) is 1. The Bertz CT molecular complexity index is 1160. The van der Waals surface area contributed by atoms with Crippen LogP contribution in [0.1, 0.15) is 49.3 Å². The molecule has 1 amide bonds. The summed E-state index contributed by atoms with van der Waals surface area (Å²) in [5, 5.41) is 3.50. The van der Waals surface area contributed by atoms with Gasteiger partial charge in [-0.05, 0) is 104 Å². The van der Waals surface area contributed by atoms with Gasteiger partial charge in [0, 0.05) is 27.3 Å². The van der Waals surface area contributed by atoms with Gasteiger partial charge in [-0.2, -0.15) is 0 Å². The normalized spacial score (nSPS) is 14.9. The maximum Gasteiger partial charge on any atom is 0.227 e. The number of hydrogen-bond donors (Lipinski definition) is 1. The second-order valence-corrected chi connectivity index (χ2v) is 11.2. The third-order valence-electron chi connectivity index (χ3n) is 6.54. The highest BCUT2D eigenvalue weighted by atomic mass is 35.5. The van der Waals surface area contributed by atoms with Gasteiger partial charge in [-0.3, -0.25) is 9.69 Å². The molecular weight excluding hydrogens is 479 g/mol. The molecule has 3 aromatic rings. The second-order valence-electron chi connectivity index (χ2n) is 9.58. The third-order valence-corrected chi connectivity index (χ3v) is 7.81. The van der Waals surface area contributed by atoms with E-state index in [9.17, 15) is 9.18 Å². The molecule has 0 atom stereocenters. The fourth-order valence-corrected chi connectivity index (χ4v) is 5.41. The molecule has 0 radical (unpaired) electrons. The molecule has 0 saturated carbocycles. The quantitative estimate of drug-likeness (QED) is 0.350. The van der Waals surface area contributed by atoms with E-state index in [0.717, 1.165) is 48.6 Å². The molecule has 3 aromatic carbocycles. The van der Waals surface area contributed by atoms with Gasteiger partial charge in [-0.15, -0.1) is 0 Å². The monoisotopic (exact) mass is 510 g/mol. The number of benzene rings is 3. The summed E-state index contributed by atoms with van der Waals surface area (Å²) < 4.78 is 14.5. The predicted molar refractivity (Wildman–Crippen MR) is 144 cm³/mol. The molecule has 0 unspecified atom stereocenters. The fourth-order valence-electron chi connectivity index (χ4n) is 4.46. The number of rotatable bonds is 7. The summed E-state index contributed by atoms with van der Waals surface area (Å²) in [5.74, 6) is -0.339. The van der Waals surface area contributed by atoms with Gasteiger partial charge in [0.25, 0.3) is 0 Å². The van der Waals surface area contributed by atoms with Crippen molar-refractivity contribution in [2.24, 2.45) is 5.92 Å². The first-order valence-corrected chi connectivity index (χ1v) is 13.3. The molecule has 0 spiro atoms. The minimum Gasteiger partial charge on any atom is -0.323 e. The summed E-state index contributed by atoms with van der Waals surface area (Å²) in [7, 11) is 0. The maximum absolute atomic E-state index is 14.5. The number of carbonyl (C=O) groups excluding carboxylic acids is 1. The Morgan fingerprint density at radius 2 is 1.66 bits per heavy atom. The highest BCUT2D eigenvalue weighted by molar-refractivity contribution is 7.99. The molecule has 3 nitrogen and oxygen atoms in total. The SMILES string of the molecule is Cc1cc(F)c(NC(=O)C(C)C)cc1C1CCN(Cc2ccc(Sc3ccc(Cl)cc3)cc2)CC1. The summed E-state index contributed by atoms with van der Waals surface area (Å²) in [5.41, 5.74) is 3.70. The minimum atomic E-state index is -0.365. The molecule has 0 bridgehead atoms. The van der Waals surface area contributed by atoms with Gasteiger partial charge >= 0.3 is 0 Å². The van der Waals surface area contributed by atoms with Crippen LogP contribution in [-0.4, -0.2) is 23.9 Å². The van der Waals surface area contributed by atoms with Crippen molar-refractivity contribution in [1.29, 1.82) is 0 Å². The lowest BCUT2D eigenvalue weighted by Crippen LogP contribution is -2.32. The molecule has 184 valence electrons. The van der Waals surface area contributed by atoms with Crippen LogP contribution in [-0.2, 0) is 11.3 Å². The van der Waals surface area contributed by atoms with Crippen LogP contribution in [0.2, 0.25) is 5.02 Å². The smallest absolute Gasteiger partial charge is 0.227 e. The molecule has 35 heavy (non-hydrogen) atoms. The van der Waals surface area contributed by atoms with E-state index in [1.165, 1.54) is 15.4 Å². The van der Waals surface area contributed by atoms with E-state index in [1.807, 2.05) is 51.1 Å². The van der Waals surface area contributed by atoms with E-state index >= 15 is 0 Å². The zero-order valence-electron chi connectivity index (χ0n) is 20.5. The zero-order valence-corrected chi connectivity index (χ0v) is 22.1. The largest absolute Gasteiger partial charge is 0.323 e. The van der Waals surface area contributed by atoms with Gasteiger partial charge in [0.15, 0.2) is 0 Å². The maximum atomic E-state index is 14.5. The van der Waals surface area contributed by atoms with Crippen LogP contribution in [0.15, 0.2) is 70.5 Å². The van der Waals surface area contributed by atoms with E-state index in [4.69, 9.17) is 11.6 Å². The first-order chi connectivity index (χ1) is 16.8. The summed E-state index contributed by atoms with van der Waals surface area (Å²) in [6.07, 6.45) is 2.04. The molecule has 1 fully saturated rings. The molecule has 1 aliphatic heterocycles. The van der Waals surface area contributed by atoms with Crippen molar-refractivity contribution >= 4 is 35.0 Å².